The van der Waals surface area contributed by atoms with E-state index in [9.17, 15) is 9.59 Å². The average Bonchev–Trinajstić information content (AvgIpc) is 3.36. The summed E-state index contributed by atoms with van der Waals surface area (Å²) in [6, 6.07) is 20.8. The molecular formula is C29H28N6O2. The Morgan fingerprint density at radius 2 is 1.54 bits per heavy atom. The summed E-state index contributed by atoms with van der Waals surface area (Å²) < 4.78 is 5.52. The van der Waals surface area contributed by atoms with E-state index in [1.807, 2.05) is 75.7 Å². The van der Waals surface area contributed by atoms with Crippen LogP contribution < -0.4 is 11.0 Å². The molecule has 0 radical (unpaired) electrons. The van der Waals surface area contributed by atoms with Crippen molar-refractivity contribution < 1.29 is 4.79 Å². The van der Waals surface area contributed by atoms with Gasteiger partial charge in [0.05, 0.1) is 17.1 Å². The molecule has 0 saturated carbocycles. The summed E-state index contributed by atoms with van der Waals surface area (Å²) in [5.41, 5.74) is 9.34. The lowest BCUT2D eigenvalue weighted by atomic mass is 10.2. The Labute approximate surface area is 214 Å². The largest absolute Gasteiger partial charge is 0.319 e. The summed E-state index contributed by atoms with van der Waals surface area (Å²) in [7, 11) is 0. The molecule has 37 heavy (non-hydrogen) atoms. The number of fused-ring (bicyclic) bond motifs is 1. The molecule has 0 aliphatic heterocycles. The second-order valence-electron chi connectivity index (χ2n) is 9.13. The van der Waals surface area contributed by atoms with Crippen molar-refractivity contribution in [2.24, 2.45) is 5.10 Å². The van der Waals surface area contributed by atoms with Crippen molar-refractivity contribution in [3.8, 4) is 5.69 Å². The third-order valence-electron chi connectivity index (χ3n) is 6.58. The lowest BCUT2D eigenvalue weighted by Gasteiger charge is -2.16. The van der Waals surface area contributed by atoms with Crippen LogP contribution in [0.25, 0.3) is 16.6 Å². The van der Waals surface area contributed by atoms with Crippen molar-refractivity contribution in [1.82, 2.24) is 24.3 Å². The highest BCUT2D eigenvalue weighted by Gasteiger charge is 2.15. The van der Waals surface area contributed by atoms with Gasteiger partial charge in [0.25, 0.3) is 11.5 Å². The number of rotatable bonds is 5. The fraction of sp³-hybridized carbons (Fsp3) is 0.172. The molecule has 2 aromatic carbocycles. The minimum absolute atomic E-state index is 0.143. The number of hydrogen-bond acceptors (Lipinski definition) is 4. The van der Waals surface area contributed by atoms with Gasteiger partial charge in [-0.3, -0.25) is 14.3 Å². The second kappa shape index (κ2) is 9.39. The molecule has 0 bridgehead atoms. The molecule has 0 unspecified atom stereocenters. The van der Waals surface area contributed by atoms with Gasteiger partial charge in [-0.2, -0.15) is 9.78 Å². The van der Waals surface area contributed by atoms with Crippen molar-refractivity contribution in [3.05, 3.63) is 117 Å². The van der Waals surface area contributed by atoms with Crippen LogP contribution >= 0.6 is 0 Å². The highest BCUT2D eigenvalue weighted by atomic mass is 16.2. The van der Waals surface area contributed by atoms with Gasteiger partial charge < -0.3 is 4.57 Å². The minimum Gasteiger partial charge on any atom is -0.319 e. The lowest BCUT2D eigenvalue weighted by Crippen LogP contribution is -2.30. The molecular weight excluding hydrogens is 464 g/mol. The van der Waals surface area contributed by atoms with Gasteiger partial charge in [-0.05, 0) is 89.2 Å². The molecule has 3 aromatic heterocycles. The van der Waals surface area contributed by atoms with Crippen LogP contribution in [-0.2, 0) is 0 Å². The van der Waals surface area contributed by atoms with Crippen LogP contribution in [0.5, 0.6) is 0 Å². The van der Waals surface area contributed by atoms with E-state index in [0.29, 0.717) is 22.3 Å². The van der Waals surface area contributed by atoms with Crippen molar-refractivity contribution >= 4 is 23.0 Å². The average molecular weight is 493 g/mol. The predicted octanol–water partition coefficient (Wildman–Crippen LogP) is 4.61. The van der Waals surface area contributed by atoms with Crippen LogP contribution in [0.3, 0.4) is 0 Å². The molecule has 0 fully saturated rings. The Morgan fingerprint density at radius 1 is 0.865 bits per heavy atom. The fourth-order valence-electron chi connectivity index (χ4n) is 4.75. The number of carbonyl (C=O) groups is 1. The Bertz CT molecular complexity index is 1720. The van der Waals surface area contributed by atoms with Gasteiger partial charge in [0, 0.05) is 39.6 Å². The molecule has 186 valence electrons. The topological polar surface area (TPSA) is 86.2 Å². The summed E-state index contributed by atoms with van der Waals surface area (Å²) in [4.78, 5) is 30.5. The molecule has 3 heterocycles. The van der Waals surface area contributed by atoms with E-state index in [-0.39, 0.29) is 11.5 Å². The second-order valence-corrected chi connectivity index (χ2v) is 9.13. The van der Waals surface area contributed by atoms with Crippen LogP contribution in [0.1, 0.15) is 44.5 Å². The Balaban J connectivity index is 1.37. The van der Waals surface area contributed by atoms with E-state index in [4.69, 9.17) is 0 Å². The van der Waals surface area contributed by atoms with Crippen LogP contribution in [-0.4, -0.2) is 31.0 Å². The molecule has 1 N–H and O–H groups in total. The Morgan fingerprint density at radius 3 is 2.24 bits per heavy atom. The number of aryl methyl sites for hydroxylation is 4. The van der Waals surface area contributed by atoms with Gasteiger partial charge in [0.2, 0.25) is 0 Å². The lowest BCUT2D eigenvalue weighted by molar-refractivity contribution is 0.0955. The van der Waals surface area contributed by atoms with Gasteiger partial charge in [-0.15, -0.1) is 0 Å². The zero-order valence-corrected chi connectivity index (χ0v) is 21.5. The Kier molecular flexibility index (Phi) is 6.09. The van der Waals surface area contributed by atoms with Crippen molar-refractivity contribution in [1.29, 1.82) is 0 Å². The number of amides is 1. The molecule has 0 spiro atoms. The van der Waals surface area contributed by atoms with Crippen LogP contribution in [0.4, 0.5) is 0 Å². The zero-order chi connectivity index (χ0) is 26.3. The Hall–Kier alpha value is -4.72. The van der Waals surface area contributed by atoms with E-state index >= 15 is 0 Å². The first-order chi connectivity index (χ1) is 17.8. The number of para-hydroxylation sites is 1. The fourth-order valence-corrected chi connectivity index (χ4v) is 4.75. The number of nitrogens with one attached hydrogen (secondary N) is 1. The van der Waals surface area contributed by atoms with Crippen molar-refractivity contribution in [3.63, 3.8) is 0 Å². The van der Waals surface area contributed by atoms with Gasteiger partial charge in [-0.25, -0.2) is 10.4 Å². The standard InChI is InChI=1S/C29H28N6O2/c1-18-10-11-19(2)33(18)25-14-12-23(13-15-25)28(36)32-30-17-24-16-20(3)34(21(24)4)35-22(5)31-27-9-7-6-8-26(27)29(35)37/h6-17H,1-5H3,(H,32,36). The SMILES string of the molecule is Cc1ccc(C)n1-c1ccc(C(=O)NN=Cc2cc(C)n(-n3c(C)nc4ccccc4c3=O)c2C)cc1. The summed E-state index contributed by atoms with van der Waals surface area (Å²) in [5, 5.41) is 4.73. The van der Waals surface area contributed by atoms with E-state index in [2.05, 4.69) is 32.2 Å². The van der Waals surface area contributed by atoms with E-state index in [1.165, 1.54) is 0 Å². The number of carbonyl (C=O) groups excluding carboxylic acids is 1. The monoisotopic (exact) mass is 492 g/mol. The van der Waals surface area contributed by atoms with Gasteiger partial charge in [-0.1, -0.05) is 12.1 Å². The molecule has 5 rings (SSSR count). The molecule has 8 nitrogen and oxygen atoms in total. The highest BCUT2D eigenvalue weighted by molar-refractivity contribution is 5.95. The van der Waals surface area contributed by atoms with Crippen LogP contribution in [0, 0.1) is 34.6 Å². The first kappa shape index (κ1) is 24.0. The first-order valence-corrected chi connectivity index (χ1v) is 12.0. The van der Waals surface area contributed by atoms with Crippen LogP contribution in [0.2, 0.25) is 0 Å². The molecule has 0 saturated heterocycles. The smallest absolute Gasteiger partial charge is 0.280 e. The number of hydrazone groups is 1. The van der Waals surface area contributed by atoms with Crippen molar-refractivity contribution in [2.45, 2.75) is 34.6 Å². The summed E-state index contributed by atoms with van der Waals surface area (Å²) >= 11 is 0. The zero-order valence-electron chi connectivity index (χ0n) is 21.5. The maximum Gasteiger partial charge on any atom is 0.280 e. The summed E-state index contributed by atoms with van der Waals surface area (Å²) in [6.45, 7) is 9.73. The van der Waals surface area contributed by atoms with Crippen LogP contribution in [0.15, 0.2) is 76.6 Å². The first-order valence-electron chi connectivity index (χ1n) is 12.0. The quantitative estimate of drug-likeness (QED) is 0.287. The van der Waals surface area contributed by atoms with Gasteiger partial charge in [0.1, 0.15) is 5.82 Å². The maximum atomic E-state index is 13.3. The predicted molar refractivity (Wildman–Crippen MR) is 146 cm³/mol. The molecule has 1 amide bonds. The number of aromatic nitrogens is 4. The third-order valence-corrected chi connectivity index (χ3v) is 6.58. The van der Waals surface area contributed by atoms with Gasteiger partial charge >= 0.3 is 0 Å². The number of benzene rings is 2. The molecule has 5 aromatic rings. The summed E-state index contributed by atoms with van der Waals surface area (Å²) in [5.74, 6) is 0.277. The van der Waals surface area contributed by atoms with Crippen molar-refractivity contribution in [2.75, 3.05) is 0 Å². The van der Waals surface area contributed by atoms with Gasteiger partial charge in [0.15, 0.2) is 0 Å². The van der Waals surface area contributed by atoms with E-state index in [0.717, 1.165) is 34.0 Å². The third kappa shape index (κ3) is 4.27. The summed E-state index contributed by atoms with van der Waals surface area (Å²) in [6.07, 6.45) is 1.59. The molecule has 0 aliphatic rings. The minimum atomic E-state index is -0.302. The molecule has 0 atom stereocenters. The number of hydrogen-bond donors (Lipinski definition) is 1. The highest BCUT2D eigenvalue weighted by Crippen LogP contribution is 2.18. The number of nitrogens with zero attached hydrogens (tertiary/aromatic N) is 5. The molecule has 8 heteroatoms. The maximum absolute atomic E-state index is 13.3. The molecule has 0 aliphatic carbocycles. The normalized spacial score (nSPS) is 11.5. The van der Waals surface area contributed by atoms with E-state index in [1.54, 1.807) is 29.1 Å². The van der Waals surface area contributed by atoms with E-state index < -0.39 is 0 Å².